The van der Waals surface area contributed by atoms with Crippen molar-refractivity contribution >= 4 is 10.0 Å². The molecule has 0 saturated carbocycles. The van der Waals surface area contributed by atoms with Gasteiger partial charge in [-0.25, -0.2) is 13.1 Å². The first-order valence-electron chi connectivity index (χ1n) is 6.98. The van der Waals surface area contributed by atoms with Gasteiger partial charge in [0.2, 0.25) is 10.0 Å². The monoisotopic (exact) mass is 298 g/mol. The fourth-order valence-corrected chi connectivity index (χ4v) is 3.68. The Morgan fingerprint density at radius 3 is 2.85 bits per heavy atom. The van der Waals surface area contributed by atoms with Gasteiger partial charge in [-0.05, 0) is 30.5 Å². The van der Waals surface area contributed by atoms with Gasteiger partial charge in [-0.15, -0.1) is 0 Å². The molecule has 1 aromatic rings. The summed E-state index contributed by atoms with van der Waals surface area (Å²) in [5, 5.41) is 0. The van der Waals surface area contributed by atoms with Gasteiger partial charge in [0.25, 0.3) is 0 Å². The van der Waals surface area contributed by atoms with E-state index in [0.29, 0.717) is 25.3 Å². The van der Waals surface area contributed by atoms with Crippen molar-refractivity contribution in [3.05, 3.63) is 23.3 Å². The lowest BCUT2D eigenvalue weighted by Gasteiger charge is -2.12. The van der Waals surface area contributed by atoms with E-state index in [-0.39, 0.29) is 11.0 Å². The van der Waals surface area contributed by atoms with Gasteiger partial charge in [-0.1, -0.05) is 19.4 Å². The van der Waals surface area contributed by atoms with Crippen molar-refractivity contribution < 1.29 is 13.2 Å². The number of ether oxygens (including phenoxy) is 1. The van der Waals surface area contributed by atoms with E-state index < -0.39 is 10.0 Å². The molecule has 0 aromatic heterocycles. The topological polar surface area (TPSA) is 81.4 Å². The third-order valence-electron chi connectivity index (χ3n) is 3.38. The Hall–Kier alpha value is -1.11. The van der Waals surface area contributed by atoms with E-state index in [1.165, 1.54) is 0 Å². The quantitative estimate of drug-likeness (QED) is 0.776. The van der Waals surface area contributed by atoms with Crippen LogP contribution in [-0.4, -0.2) is 27.6 Å². The zero-order chi connectivity index (χ0) is 14.8. The third-order valence-corrected chi connectivity index (χ3v) is 4.85. The van der Waals surface area contributed by atoms with Gasteiger partial charge in [0.1, 0.15) is 16.7 Å². The molecule has 1 unspecified atom stereocenters. The summed E-state index contributed by atoms with van der Waals surface area (Å²) in [5.74, 6) is 0.468. The number of nitrogens with two attached hydrogens (primary N) is 1. The van der Waals surface area contributed by atoms with Crippen LogP contribution in [0.3, 0.4) is 0 Å². The molecule has 0 amide bonds. The first-order valence-corrected chi connectivity index (χ1v) is 8.46. The van der Waals surface area contributed by atoms with Gasteiger partial charge in [0.05, 0.1) is 0 Å². The number of unbranched alkanes of at least 4 members (excludes halogenated alkanes) is 1. The molecule has 3 N–H and O–H groups in total. The van der Waals surface area contributed by atoms with Crippen LogP contribution >= 0.6 is 0 Å². The van der Waals surface area contributed by atoms with Crippen LogP contribution in [-0.2, 0) is 16.4 Å². The van der Waals surface area contributed by atoms with E-state index in [9.17, 15) is 8.42 Å². The summed E-state index contributed by atoms with van der Waals surface area (Å²) in [5.41, 5.74) is 7.46. The van der Waals surface area contributed by atoms with Gasteiger partial charge in [-0.3, -0.25) is 0 Å². The highest BCUT2D eigenvalue weighted by Crippen LogP contribution is 2.36. The van der Waals surface area contributed by atoms with Gasteiger partial charge in [0, 0.05) is 19.5 Å². The summed E-state index contributed by atoms with van der Waals surface area (Å²) in [4.78, 5) is 0.236. The number of benzene rings is 1. The number of fused-ring (bicyclic) bond motifs is 1. The summed E-state index contributed by atoms with van der Waals surface area (Å²) in [6.45, 7) is 4.74. The second kappa shape index (κ2) is 6.11. The van der Waals surface area contributed by atoms with Crippen LogP contribution in [0, 0.1) is 6.92 Å². The molecule has 0 saturated heterocycles. The molecule has 20 heavy (non-hydrogen) atoms. The molecule has 1 atom stereocenters. The largest absolute Gasteiger partial charge is 0.487 e. The number of sulfonamides is 1. The number of hydrogen-bond acceptors (Lipinski definition) is 4. The fourth-order valence-electron chi connectivity index (χ4n) is 2.34. The van der Waals surface area contributed by atoms with E-state index in [2.05, 4.69) is 4.72 Å². The van der Waals surface area contributed by atoms with E-state index in [1.54, 1.807) is 6.07 Å². The Morgan fingerprint density at radius 1 is 1.45 bits per heavy atom. The molecular formula is C14H22N2O3S. The SMILES string of the molecule is CCCCNS(=O)(=O)c1cc(C)cc2c1OC(CN)C2. The van der Waals surface area contributed by atoms with E-state index in [0.717, 1.165) is 24.0 Å². The minimum atomic E-state index is -3.53. The van der Waals surface area contributed by atoms with Crippen LogP contribution in [0.2, 0.25) is 0 Å². The molecule has 2 rings (SSSR count). The van der Waals surface area contributed by atoms with Crippen LogP contribution in [0.4, 0.5) is 0 Å². The lowest BCUT2D eigenvalue weighted by molar-refractivity contribution is 0.236. The summed E-state index contributed by atoms with van der Waals surface area (Å²) in [6.07, 6.45) is 2.31. The molecule has 1 heterocycles. The minimum Gasteiger partial charge on any atom is -0.487 e. The highest BCUT2D eigenvalue weighted by atomic mass is 32.2. The molecule has 1 aliphatic rings. The first kappa shape index (κ1) is 15.3. The second-order valence-electron chi connectivity index (χ2n) is 5.18. The lowest BCUT2D eigenvalue weighted by atomic mass is 10.1. The first-order chi connectivity index (χ1) is 9.47. The number of hydrogen-bond donors (Lipinski definition) is 2. The van der Waals surface area contributed by atoms with Crippen molar-refractivity contribution in [2.45, 2.75) is 44.1 Å². The molecule has 1 aromatic carbocycles. The molecule has 6 heteroatoms. The predicted molar refractivity (Wildman–Crippen MR) is 78.4 cm³/mol. The van der Waals surface area contributed by atoms with Crippen molar-refractivity contribution in [2.75, 3.05) is 13.1 Å². The molecule has 0 aliphatic carbocycles. The predicted octanol–water partition coefficient (Wildman–Crippen LogP) is 1.34. The Labute approximate surface area is 120 Å². The summed E-state index contributed by atoms with van der Waals surface area (Å²) in [6, 6.07) is 3.63. The highest BCUT2D eigenvalue weighted by Gasteiger charge is 2.29. The highest BCUT2D eigenvalue weighted by molar-refractivity contribution is 7.89. The molecule has 5 nitrogen and oxygen atoms in total. The standard InChI is InChI=1S/C14H22N2O3S/c1-3-4-5-16-20(17,18)13-7-10(2)6-11-8-12(9-15)19-14(11)13/h6-7,12,16H,3-5,8-9,15H2,1-2H3. The maximum atomic E-state index is 12.4. The summed E-state index contributed by atoms with van der Waals surface area (Å²) in [7, 11) is -3.53. The summed E-state index contributed by atoms with van der Waals surface area (Å²) >= 11 is 0. The van der Waals surface area contributed by atoms with Crippen molar-refractivity contribution in [1.29, 1.82) is 0 Å². The second-order valence-corrected chi connectivity index (χ2v) is 6.92. The molecule has 112 valence electrons. The Kier molecular flexibility index (Phi) is 4.67. The van der Waals surface area contributed by atoms with Gasteiger partial charge >= 0.3 is 0 Å². The Bertz CT molecular complexity index is 584. The molecule has 0 bridgehead atoms. The fraction of sp³-hybridized carbons (Fsp3) is 0.571. The molecule has 1 aliphatic heterocycles. The molecule has 0 spiro atoms. The number of aryl methyl sites for hydroxylation is 1. The van der Waals surface area contributed by atoms with Gasteiger partial charge < -0.3 is 10.5 Å². The van der Waals surface area contributed by atoms with Crippen LogP contribution in [0.5, 0.6) is 5.75 Å². The number of rotatable bonds is 6. The average molecular weight is 298 g/mol. The van der Waals surface area contributed by atoms with Crippen LogP contribution in [0.1, 0.15) is 30.9 Å². The maximum Gasteiger partial charge on any atom is 0.244 e. The minimum absolute atomic E-state index is 0.128. The lowest BCUT2D eigenvalue weighted by Crippen LogP contribution is -2.26. The molecule has 0 radical (unpaired) electrons. The van der Waals surface area contributed by atoms with E-state index >= 15 is 0 Å². The van der Waals surface area contributed by atoms with Crippen molar-refractivity contribution in [1.82, 2.24) is 4.72 Å². The van der Waals surface area contributed by atoms with Crippen LogP contribution in [0.25, 0.3) is 0 Å². The summed E-state index contributed by atoms with van der Waals surface area (Å²) < 4.78 is 33.1. The Balaban J connectivity index is 2.33. The Morgan fingerprint density at radius 2 is 2.20 bits per heavy atom. The normalized spacial score (nSPS) is 17.9. The van der Waals surface area contributed by atoms with Crippen LogP contribution < -0.4 is 15.2 Å². The van der Waals surface area contributed by atoms with Gasteiger partial charge in [-0.2, -0.15) is 0 Å². The molecular weight excluding hydrogens is 276 g/mol. The maximum absolute atomic E-state index is 12.4. The van der Waals surface area contributed by atoms with Crippen molar-refractivity contribution in [2.24, 2.45) is 5.73 Å². The van der Waals surface area contributed by atoms with Gasteiger partial charge in [0.15, 0.2) is 0 Å². The van der Waals surface area contributed by atoms with Crippen molar-refractivity contribution in [3.8, 4) is 5.75 Å². The smallest absolute Gasteiger partial charge is 0.244 e. The van der Waals surface area contributed by atoms with Crippen molar-refractivity contribution in [3.63, 3.8) is 0 Å². The average Bonchev–Trinajstić information content (AvgIpc) is 2.80. The van der Waals surface area contributed by atoms with E-state index in [4.69, 9.17) is 10.5 Å². The zero-order valence-corrected chi connectivity index (χ0v) is 12.8. The zero-order valence-electron chi connectivity index (χ0n) is 12.0. The van der Waals surface area contributed by atoms with E-state index in [1.807, 2.05) is 19.9 Å². The van der Waals surface area contributed by atoms with Crippen LogP contribution in [0.15, 0.2) is 17.0 Å². The molecule has 0 fully saturated rings. The number of nitrogens with one attached hydrogen (secondary N) is 1. The third kappa shape index (κ3) is 3.13.